The first-order valence-electron chi connectivity index (χ1n) is 3.21. The van der Waals surface area contributed by atoms with E-state index in [1.54, 1.807) is 4.90 Å². The molecule has 1 N–H and O–H groups in total. The lowest BCUT2D eigenvalue weighted by atomic mass is 10.3. The molecule has 0 aliphatic heterocycles. The second-order valence-corrected chi connectivity index (χ2v) is 2.32. The summed E-state index contributed by atoms with van der Waals surface area (Å²) in [7, 11) is 3.62. The van der Waals surface area contributed by atoms with Gasteiger partial charge in [0.25, 0.3) is 0 Å². The number of amides is 1. The van der Waals surface area contributed by atoms with Crippen molar-refractivity contribution in [2.45, 2.75) is 19.5 Å². The molecule has 0 heterocycles. The summed E-state index contributed by atoms with van der Waals surface area (Å²) in [5, 5.41) is 12.3. The first-order valence-corrected chi connectivity index (χ1v) is 3.21. The van der Waals surface area contributed by atoms with Crippen LogP contribution in [0.3, 0.4) is 0 Å². The van der Waals surface area contributed by atoms with E-state index in [0.717, 1.165) is 6.42 Å². The Morgan fingerprint density at radius 3 is 2.30 bits per heavy atom. The molecule has 1 amide bonds. The van der Waals surface area contributed by atoms with Crippen LogP contribution in [0.4, 0.5) is 4.79 Å². The predicted molar refractivity (Wildman–Crippen MR) is 36.3 cm³/mol. The highest BCUT2D eigenvalue weighted by atomic mass is 16.4. The maximum Gasteiger partial charge on any atom is 0.135 e. The van der Waals surface area contributed by atoms with Crippen molar-refractivity contribution < 1.29 is 9.90 Å². The van der Waals surface area contributed by atoms with E-state index in [9.17, 15) is 9.90 Å². The second kappa shape index (κ2) is 4.11. The third kappa shape index (κ3) is 3.29. The predicted octanol–water partition coefficient (Wildman–Crippen LogP) is -0.783. The van der Waals surface area contributed by atoms with Crippen LogP contribution in [0.15, 0.2) is 0 Å². The highest BCUT2D eigenvalue weighted by molar-refractivity contribution is 5.62. The summed E-state index contributed by atoms with van der Waals surface area (Å²) in [6.45, 7) is 1.90. The van der Waals surface area contributed by atoms with Crippen molar-refractivity contribution in [3.63, 3.8) is 0 Å². The summed E-state index contributed by atoms with van der Waals surface area (Å²) in [5.74, 6) is 0. The molecular formula is C6H13N2O2-. The molecule has 0 bridgehead atoms. The van der Waals surface area contributed by atoms with Crippen molar-refractivity contribution in [3.05, 3.63) is 0 Å². The molecule has 0 aromatic rings. The minimum atomic E-state index is -1.22. The Hall–Kier alpha value is -0.770. The van der Waals surface area contributed by atoms with E-state index in [2.05, 4.69) is 5.32 Å². The molecule has 0 aromatic heterocycles. The first kappa shape index (κ1) is 9.23. The summed E-state index contributed by atoms with van der Waals surface area (Å²) in [6.07, 6.45) is -0.619. The third-order valence-electron chi connectivity index (χ3n) is 1.29. The lowest BCUT2D eigenvalue weighted by Crippen LogP contribution is -2.49. The minimum absolute atomic E-state index is 0.134. The summed E-state index contributed by atoms with van der Waals surface area (Å²) in [4.78, 5) is 11.8. The normalized spacial score (nSPS) is 13.2. The topological polar surface area (TPSA) is 55.4 Å². The molecule has 0 saturated heterocycles. The van der Waals surface area contributed by atoms with Crippen molar-refractivity contribution in [2.24, 2.45) is 0 Å². The van der Waals surface area contributed by atoms with Crippen molar-refractivity contribution in [1.29, 1.82) is 0 Å². The molecule has 0 aromatic carbocycles. The lowest BCUT2D eigenvalue weighted by molar-refractivity contribution is -0.252. The van der Waals surface area contributed by atoms with Crippen molar-refractivity contribution in [3.8, 4) is 0 Å². The van der Waals surface area contributed by atoms with Gasteiger partial charge in [0.15, 0.2) is 0 Å². The Bertz CT molecular complexity index is 114. The van der Waals surface area contributed by atoms with Gasteiger partial charge in [0, 0.05) is 0 Å². The standard InChI is InChI=1S/C6H14N2O2/c1-4-5(8(2)3)7-6(9)10/h5,7H,4H2,1-3H3,(H,9,10)/p-1. The van der Waals surface area contributed by atoms with Gasteiger partial charge in [-0.1, -0.05) is 6.92 Å². The van der Waals surface area contributed by atoms with Crippen LogP contribution in [0.1, 0.15) is 13.3 Å². The molecule has 0 fully saturated rings. The largest absolute Gasteiger partial charge is 0.530 e. The molecule has 60 valence electrons. The highest BCUT2D eigenvalue weighted by Crippen LogP contribution is 1.92. The quantitative estimate of drug-likeness (QED) is 0.530. The second-order valence-electron chi connectivity index (χ2n) is 2.32. The number of nitrogens with one attached hydrogen (secondary N) is 1. The van der Waals surface area contributed by atoms with Crippen molar-refractivity contribution >= 4 is 6.09 Å². The SMILES string of the molecule is CCC(NC(=O)[O-])N(C)C. The van der Waals surface area contributed by atoms with Gasteiger partial charge in [0.05, 0.1) is 6.17 Å². The summed E-state index contributed by atoms with van der Waals surface area (Å²) in [6, 6.07) is 0. The fraction of sp³-hybridized carbons (Fsp3) is 0.833. The Morgan fingerprint density at radius 1 is 1.70 bits per heavy atom. The minimum Gasteiger partial charge on any atom is -0.530 e. The molecule has 0 aliphatic rings. The zero-order valence-corrected chi connectivity index (χ0v) is 6.55. The van der Waals surface area contributed by atoms with Crippen LogP contribution in [0.2, 0.25) is 0 Å². The Morgan fingerprint density at radius 2 is 2.20 bits per heavy atom. The molecule has 4 nitrogen and oxygen atoms in total. The van der Waals surface area contributed by atoms with E-state index in [4.69, 9.17) is 0 Å². The van der Waals surface area contributed by atoms with Gasteiger partial charge in [0.1, 0.15) is 6.09 Å². The lowest BCUT2D eigenvalue weighted by Gasteiger charge is -2.24. The van der Waals surface area contributed by atoms with E-state index in [1.165, 1.54) is 0 Å². The number of rotatable bonds is 3. The molecule has 0 radical (unpaired) electrons. The zero-order valence-electron chi connectivity index (χ0n) is 6.55. The van der Waals surface area contributed by atoms with Gasteiger partial charge >= 0.3 is 0 Å². The van der Waals surface area contributed by atoms with Crippen LogP contribution < -0.4 is 10.4 Å². The van der Waals surface area contributed by atoms with E-state index in [0.29, 0.717) is 0 Å². The van der Waals surface area contributed by atoms with Gasteiger partial charge in [-0.15, -0.1) is 0 Å². The summed E-state index contributed by atoms with van der Waals surface area (Å²) >= 11 is 0. The fourth-order valence-corrected chi connectivity index (χ4v) is 0.732. The molecule has 4 heteroatoms. The number of nitrogens with zero attached hydrogens (tertiary/aromatic N) is 1. The molecule has 0 spiro atoms. The molecule has 0 saturated carbocycles. The van der Waals surface area contributed by atoms with Gasteiger partial charge < -0.3 is 15.2 Å². The Kier molecular flexibility index (Phi) is 3.79. The maximum atomic E-state index is 10.0. The van der Waals surface area contributed by atoms with E-state index >= 15 is 0 Å². The smallest absolute Gasteiger partial charge is 0.135 e. The van der Waals surface area contributed by atoms with E-state index in [-0.39, 0.29) is 6.17 Å². The fourth-order valence-electron chi connectivity index (χ4n) is 0.732. The number of carboxylic acid groups (broad SMARTS) is 1. The van der Waals surface area contributed by atoms with E-state index in [1.807, 2.05) is 21.0 Å². The first-order chi connectivity index (χ1) is 4.57. The van der Waals surface area contributed by atoms with Crippen molar-refractivity contribution in [1.82, 2.24) is 10.2 Å². The molecule has 1 unspecified atom stereocenters. The van der Waals surface area contributed by atoms with Crippen LogP contribution in [0.5, 0.6) is 0 Å². The molecular weight excluding hydrogens is 132 g/mol. The van der Waals surface area contributed by atoms with Gasteiger partial charge in [-0.2, -0.15) is 0 Å². The highest BCUT2D eigenvalue weighted by Gasteiger charge is 2.05. The Labute approximate surface area is 60.8 Å². The van der Waals surface area contributed by atoms with Crippen LogP contribution in [-0.2, 0) is 0 Å². The van der Waals surface area contributed by atoms with Crippen LogP contribution in [0, 0.1) is 0 Å². The van der Waals surface area contributed by atoms with E-state index < -0.39 is 6.09 Å². The number of carbonyl (C=O) groups is 1. The number of hydrogen-bond donors (Lipinski definition) is 1. The Balaban J connectivity index is 3.71. The molecule has 0 aliphatic carbocycles. The van der Waals surface area contributed by atoms with Gasteiger partial charge in [-0.25, -0.2) is 0 Å². The third-order valence-corrected chi connectivity index (χ3v) is 1.29. The monoisotopic (exact) mass is 145 g/mol. The van der Waals surface area contributed by atoms with Crippen molar-refractivity contribution in [2.75, 3.05) is 14.1 Å². The number of carbonyl (C=O) groups excluding carboxylic acids is 1. The van der Waals surface area contributed by atoms with Crippen LogP contribution in [-0.4, -0.2) is 31.3 Å². The average molecular weight is 145 g/mol. The number of hydrogen-bond acceptors (Lipinski definition) is 3. The van der Waals surface area contributed by atoms with Gasteiger partial charge in [-0.05, 0) is 20.5 Å². The molecule has 0 rings (SSSR count). The molecule has 1 atom stereocenters. The zero-order chi connectivity index (χ0) is 8.15. The average Bonchev–Trinajstić information content (AvgIpc) is 1.81. The molecule has 10 heavy (non-hydrogen) atoms. The summed E-state index contributed by atoms with van der Waals surface area (Å²) in [5.41, 5.74) is 0. The van der Waals surface area contributed by atoms with Gasteiger partial charge in [-0.3, -0.25) is 4.90 Å². The van der Waals surface area contributed by atoms with Crippen LogP contribution >= 0.6 is 0 Å². The van der Waals surface area contributed by atoms with Crippen LogP contribution in [0.25, 0.3) is 0 Å². The van der Waals surface area contributed by atoms with Gasteiger partial charge in [0.2, 0.25) is 0 Å². The maximum absolute atomic E-state index is 10.0. The summed E-state index contributed by atoms with van der Waals surface area (Å²) < 4.78 is 0.